The van der Waals surface area contributed by atoms with E-state index in [-0.39, 0.29) is 16.7 Å². The molecule has 0 N–H and O–H groups in total. The molecule has 8 heteroatoms. The molecule has 0 saturated heterocycles. The van der Waals surface area contributed by atoms with Crippen LogP contribution in [0.3, 0.4) is 0 Å². The maximum absolute atomic E-state index is 12.6. The molecule has 0 unspecified atom stereocenters. The lowest BCUT2D eigenvalue weighted by atomic mass is 10.2. The Labute approximate surface area is 142 Å². The van der Waals surface area contributed by atoms with Crippen molar-refractivity contribution in [2.45, 2.75) is 6.18 Å². The second kappa shape index (κ2) is 7.72. The molecule has 0 aliphatic rings. The number of pyridine rings is 1. The number of nitrogens with zero attached hydrogens (tertiary/aromatic N) is 1. The first-order chi connectivity index (χ1) is 11.3. The minimum absolute atomic E-state index is 0.149. The fourth-order valence-electron chi connectivity index (χ4n) is 1.72. The number of methoxy groups -OCH3 is 1. The van der Waals surface area contributed by atoms with E-state index < -0.39 is 11.7 Å². The van der Waals surface area contributed by atoms with Gasteiger partial charge in [-0.05, 0) is 24.6 Å². The summed E-state index contributed by atoms with van der Waals surface area (Å²) in [6.45, 7) is 4.53. The van der Waals surface area contributed by atoms with Crippen LogP contribution in [0.5, 0.6) is 17.4 Å². The highest BCUT2D eigenvalue weighted by atomic mass is 35.5. The first kappa shape index (κ1) is 18.4. The fourth-order valence-corrected chi connectivity index (χ4v) is 1.93. The number of hydrogen-bond acceptors (Lipinski definition) is 4. The fraction of sp³-hybridized carbons (Fsp3) is 0.250. The molecule has 0 saturated carbocycles. The topological polar surface area (TPSA) is 40.6 Å². The normalized spacial score (nSPS) is 11.4. The van der Waals surface area contributed by atoms with E-state index in [2.05, 4.69) is 11.9 Å². The van der Waals surface area contributed by atoms with Crippen LogP contribution >= 0.6 is 11.6 Å². The summed E-state index contributed by atoms with van der Waals surface area (Å²) in [5.41, 5.74) is -0.446. The van der Waals surface area contributed by atoms with Crippen LogP contribution in [0.1, 0.15) is 11.1 Å². The lowest BCUT2D eigenvalue weighted by Gasteiger charge is -2.13. The van der Waals surface area contributed by atoms with Crippen molar-refractivity contribution in [2.24, 2.45) is 0 Å². The van der Waals surface area contributed by atoms with Crippen molar-refractivity contribution in [3.05, 3.63) is 53.5 Å². The van der Waals surface area contributed by atoms with Gasteiger partial charge in [-0.15, -0.1) is 0 Å². The van der Waals surface area contributed by atoms with Gasteiger partial charge >= 0.3 is 6.18 Å². The number of ether oxygens (including phenoxy) is 3. The third-order valence-electron chi connectivity index (χ3n) is 2.94. The summed E-state index contributed by atoms with van der Waals surface area (Å²) in [5, 5.41) is -0.255. The predicted molar refractivity (Wildman–Crippen MR) is 82.6 cm³/mol. The summed E-state index contributed by atoms with van der Waals surface area (Å²) in [4.78, 5) is 3.62. The van der Waals surface area contributed by atoms with Gasteiger partial charge in [0.05, 0.1) is 12.2 Å². The van der Waals surface area contributed by atoms with Gasteiger partial charge in [-0.1, -0.05) is 17.7 Å². The third kappa shape index (κ3) is 4.75. The summed E-state index contributed by atoms with van der Waals surface area (Å²) in [7, 11) is 1.55. The maximum Gasteiger partial charge on any atom is 0.417 e. The molecule has 0 aliphatic heterocycles. The van der Waals surface area contributed by atoms with Crippen LogP contribution in [0.4, 0.5) is 13.2 Å². The molecule has 129 valence electrons. The first-order valence-electron chi connectivity index (χ1n) is 6.79. The Hall–Kier alpha value is -1.99. The zero-order chi connectivity index (χ0) is 17.7. The van der Waals surface area contributed by atoms with Crippen LogP contribution in [-0.4, -0.2) is 25.3 Å². The van der Waals surface area contributed by atoms with Gasteiger partial charge in [-0.3, -0.25) is 0 Å². The van der Waals surface area contributed by atoms with Crippen LogP contribution in [0.2, 0.25) is 5.02 Å². The number of hydrogen-bond donors (Lipinski definition) is 0. The van der Waals surface area contributed by atoms with Crippen molar-refractivity contribution < 1.29 is 27.4 Å². The van der Waals surface area contributed by atoms with E-state index in [0.29, 0.717) is 30.7 Å². The largest absolute Gasteiger partial charge is 0.491 e. The van der Waals surface area contributed by atoms with E-state index in [1.54, 1.807) is 25.3 Å². The van der Waals surface area contributed by atoms with E-state index in [0.717, 1.165) is 6.07 Å². The highest BCUT2D eigenvalue weighted by Crippen LogP contribution is 2.36. The molecule has 0 aliphatic carbocycles. The van der Waals surface area contributed by atoms with Crippen molar-refractivity contribution in [1.29, 1.82) is 0 Å². The van der Waals surface area contributed by atoms with E-state index in [1.807, 2.05) is 0 Å². The average molecular weight is 361 g/mol. The quantitative estimate of drug-likeness (QED) is 0.697. The van der Waals surface area contributed by atoms with Crippen molar-refractivity contribution in [2.75, 3.05) is 20.3 Å². The lowest BCUT2D eigenvalue weighted by molar-refractivity contribution is -0.137. The Kier molecular flexibility index (Phi) is 5.90. The zero-order valence-electron chi connectivity index (χ0n) is 12.7. The summed E-state index contributed by atoms with van der Waals surface area (Å²) in [5.74, 6) is 0.625. The van der Waals surface area contributed by atoms with Gasteiger partial charge in [0.15, 0.2) is 0 Å². The average Bonchev–Trinajstić information content (AvgIpc) is 2.51. The molecule has 2 rings (SSSR count). The number of alkyl halides is 3. The smallest absolute Gasteiger partial charge is 0.417 e. The summed E-state index contributed by atoms with van der Waals surface area (Å²) in [6, 6.07) is 5.64. The molecule has 4 nitrogen and oxygen atoms in total. The summed E-state index contributed by atoms with van der Waals surface area (Å²) < 4.78 is 53.6. The van der Waals surface area contributed by atoms with Gasteiger partial charge in [0.1, 0.15) is 23.1 Å². The first-order valence-corrected chi connectivity index (χ1v) is 7.17. The lowest BCUT2D eigenvalue weighted by Crippen LogP contribution is -2.06. The SMILES string of the molecule is [CH2]c1ccc(OCCOC)cc1Oc1ncc(C(F)(F)F)cc1Cl. The number of benzene rings is 1. The molecular weight excluding hydrogens is 347 g/mol. The monoisotopic (exact) mass is 360 g/mol. The molecule has 0 amide bonds. The molecule has 1 aromatic carbocycles. The molecule has 2 aromatic rings. The Balaban J connectivity index is 2.19. The van der Waals surface area contributed by atoms with Gasteiger partial charge in [0, 0.05) is 19.4 Å². The Morgan fingerprint density at radius 2 is 1.96 bits per heavy atom. The molecule has 0 atom stereocenters. The van der Waals surface area contributed by atoms with Gasteiger partial charge in [-0.2, -0.15) is 13.2 Å². The minimum Gasteiger partial charge on any atom is -0.491 e. The van der Waals surface area contributed by atoms with Crippen molar-refractivity contribution in [3.8, 4) is 17.4 Å². The molecule has 0 bridgehead atoms. The van der Waals surface area contributed by atoms with E-state index in [1.165, 1.54) is 0 Å². The molecule has 1 radical (unpaired) electrons. The third-order valence-corrected chi connectivity index (χ3v) is 3.21. The van der Waals surface area contributed by atoms with Crippen LogP contribution in [0.25, 0.3) is 0 Å². The Morgan fingerprint density at radius 3 is 2.58 bits per heavy atom. The Morgan fingerprint density at radius 1 is 1.21 bits per heavy atom. The van der Waals surface area contributed by atoms with Crippen molar-refractivity contribution >= 4 is 11.6 Å². The summed E-state index contributed by atoms with van der Waals surface area (Å²) >= 11 is 5.82. The van der Waals surface area contributed by atoms with Crippen LogP contribution in [-0.2, 0) is 10.9 Å². The number of rotatable bonds is 6. The number of halogens is 4. The van der Waals surface area contributed by atoms with E-state index in [9.17, 15) is 13.2 Å². The van der Waals surface area contributed by atoms with Crippen LogP contribution in [0.15, 0.2) is 30.5 Å². The molecule has 24 heavy (non-hydrogen) atoms. The van der Waals surface area contributed by atoms with Gasteiger partial charge in [0.2, 0.25) is 5.88 Å². The molecule has 1 aromatic heterocycles. The van der Waals surface area contributed by atoms with E-state index in [4.69, 9.17) is 25.8 Å². The standard InChI is InChI=1S/C16H14ClF3NO3/c1-10-3-4-12(23-6-5-22-2)8-14(10)24-15-13(17)7-11(9-21-15)16(18,19)20/h3-4,7-9H,1,5-6H2,2H3. The minimum atomic E-state index is -4.53. The molecule has 1 heterocycles. The van der Waals surface area contributed by atoms with Gasteiger partial charge in [-0.25, -0.2) is 4.98 Å². The molecule has 0 fully saturated rings. The highest BCUT2D eigenvalue weighted by molar-refractivity contribution is 6.31. The van der Waals surface area contributed by atoms with Gasteiger partial charge in [0.25, 0.3) is 0 Å². The second-order valence-corrected chi connectivity index (χ2v) is 5.13. The van der Waals surface area contributed by atoms with Crippen LogP contribution < -0.4 is 9.47 Å². The van der Waals surface area contributed by atoms with Crippen molar-refractivity contribution in [1.82, 2.24) is 4.98 Å². The zero-order valence-corrected chi connectivity index (χ0v) is 13.4. The van der Waals surface area contributed by atoms with Gasteiger partial charge < -0.3 is 14.2 Å². The molecule has 0 spiro atoms. The summed E-state index contributed by atoms with van der Waals surface area (Å²) in [6.07, 6.45) is -3.87. The second-order valence-electron chi connectivity index (χ2n) is 4.72. The van der Waals surface area contributed by atoms with E-state index >= 15 is 0 Å². The molecular formula is C16H14ClF3NO3. The Bertz CT molecular complexity index is 707. The predicted octanol–water partition coefficient (Wildman–Crippen LogP) is 4.75. The maximum atomic E-state index is 12.6. The van der Waals surface area contributed by atoms with Crippen LogP contribution in [0, 0.1) is 6.92 Å². The highest BCUT2D eigenvalue weighted by Gasteiger charge is 2.31. The number of aromatic nitrogens is 1. The van der Waals surface area contributed by atoms with Crippen molar-refractivity contribution in [3.63, 3.8) is 0 Å².